The van der Waals surface area contributed by atoms with Crippen molar-refractivity contribution < 1.29 is 9.53 Å². The van der Waals surface area contributed by atoms with E-state index in [9.17, 15) is 4.79 Å². The minimum absolute atomic E-state index is 0.218. The Morgan fingerprint density at radius 3 is 3.00 bits per heavy atom. The molecule has 0 N–H and O–H groups in total. The molecule has 94 valence electrons. The van der Waals surface area contributed by atoms with Gasteiger partial charge in [0, 0.05) is 12.6 Å². The molecule has 1 aliphatic rings. The molecule has 0 saturated carbocycles. The van der Waals surface area contributed by atoms with Crippen molar-refractivity contribution in [3.05, 3.63) is 22.3 Å². The van der Waals surface area contributed by atoms with E-state index in [1.807, 2.05) is 0 Å². The summed E-state index contributed by atoms with van der Waals surface area (Å²) in [4.78, 5) is 11.4. The highest BCUT2D eigenvalue weighted by Crippen LogP contribution is 2.30. The SMILES string of the molecule is O=C1OCC[C@H]1Sc1nnc2c(Cl)cc(Cl)cn12. The molecule has 2 aromatic rings. The second kappa shape index (κ2) is 4.60. The molecule has 0 bridgehead atoms. The number of rotatable bonds is 2. The second-order valence-corrected chi connectivity index (χ2v) is 5.76. The molecule has 0 unspecified atom stereocenters. The number of hydrogen-bond acceptors (Lipinski definition) is 5. The largest absolute Gasteiger partial charge is 0.465 e. The summed E-state index contributed by atoms with van der Waals surface area (Å²) in [6.07, 6.45) is 2.35. The fourth-order valence-corrected chi connectivity index (χ4v) is 3.18. The summed E-state index contributed by atoms with van der Waals surface area (Å²) in [5.41, 5.74) is 0.523. The standard InChI is InChI=1S/C10H7Cl2N3O2S/c11-5-3-6(12)8-13-14-10(15(8)4-5)18-7-1-2-17-9(7)16/h3-4,7H,1-2H2/t7-/m1/s1. The van der Waals surface area contributed by atoms with Crippen molar-refractivity contribution in [2.75, 3.05) is 6.61 Å². The predicted molar refractivity (Wildman–Crippen MR) is 68.2 cm³/mol. The van der Waals surface area contributed by atoms with Crippen LogP contribution in [0.25, 0.3) is 5.65 Å². The van der Waals surface area contributed by atoms with Crippen molar-refractivity contribution in [3.8, 4) is 0 Å². The Morgan fingerprint density at radius 1 is 1.44 bits per heavy atom. The van der Waals surface area contributed by atoms with Gasteiger partial charge >= 0.3 is 5.97 Å². The van der Waals surface area contributed by atoms with Crippen molar-refractivity contribution in [1.82, 2.24) is 14.6 Å². The molecular formula is C10H7Cl2N3O2S. The van der Waals surface area contributed by atoms with Gasteiger partial charge in [-0.05, 0) is 6.07 Å². The van der Waals surface area contributed by atoms with Crippen LogP contribution < -0.4 is 0 Å². The number of carbonyl (C=O) groups excluding carboxylic acids is 1. The average Bonchev–Trinajstić information content (AvgIpc) is 2.88. The molecule has 5 nitrogen and oxygen atoms in total. The third kappa shape index (κ3) is 2.04. The number of carbonyl (C=O) groups is 1. The van der Waals surface area contributed by atoms with Crippen LogP contribution in [0.4, 0.5) is 0 Å². The molecule has 0 spiro atoms. The third-order valence-electron chi connectivity index (χ3n) is 2.53. The molecule has 3 rings (SSSR count). The van der Waals surface area contributed by atoms with Crippen LogP contribution in [-0.4, -0.2) is 32.4 Å². The number of pyridine rings is 1. The van der Waals surface area contributed by atoms with Crippen LogP contribution in [0.2, 0.25) is 10.0 Å². The summed E-state index contributed by atoms with van der Waals surface area (Å²) in [7, 11) is 0. The number of aromatic nitrogens is 3. The molecule has 1 fully saturated rings. The van der Waals surface area contributed by atoms with Gasteiger partial charge in [-0.3, -0.25) is 9.20 Å². The smallest absolute Gasteiger partial charge is 0.319 e. The van der Waals surface area contributed by atoms with Gasteiger partial charge in [-0.25, -0.2) is 0 Å². The van der Waals surface area contributed by atoms with E-state index in [1.54, 1.807) is 16.7 Å². The predicted octanol–water partition coefficient (Wildman–Crippen LogP) is 2.44. The average molecular weight is 304 g/mol. The van der Waals surface area contributed by atoms with Crippen LogP contribution in [-0.2, 0) is 9.53 Å². The van der Waals surface area contributed by atoms with Crippen LogP contribution in [0.3, 0.4) is 0 Å². The number of esters is 1. The molecule has 1 aliphatic heterocycles. The molecule has 0 aliphatic carbocycles. The highest BCUT2D eigenvalue weighted by molar-refractivity contribution is 8.00. The van der Waals surface area contributed by atoms with Crippen LogP contribution in [0.15, 0.2) is 17.4 Å². The van der Waals surface area contributed by atoms with Gasteiger partial charge in [0.2, 0.25) is 0 Å². The summed E-state index contributed by atoms with van der Waals surface area (Å²) in [6.45, 7) is 0.453. The van der Waals surface area contributed by atoms with E-state index in [-0.39, 0.29) is 11.2 Å². The minimum atomic E-state index is -0.241. The fraction of sp³-hybridized carbons (Fsp3) is 0.300. The Labute approximate surface area is 116 Å². The lowest BCUT2D eigenvalue weighted by Gasteiger charge is -2.04. The summed E-state index contributed by atoms with van der Waals surface area (Å²) in [5, 5.41) is 9.25. The van der Waals surface area contributed by atoms with Crippen molar-refractivity contribution in [3.63, 3.8) is 0 Å². The maximum atomic E-state index is 11.4. The molecule has 8 heteroatoms. The van der Waals surface area contributed by atoms with E-state index in [0.29, 0.717) is 33.9 Å². The lowest BCUT2D eigenvalue weighted by atomic mass is 10.4. The van der Waals surface area contributed by atoms with Crippen molar-refractivity contribution in [2.24, 2.45) is 0 Å². The topological polar surface area (TPSA) is 56.5 Å². The Morgan fingerprint density at radius 2 is 2.28 bits per heavy atom. The first kappa shape index (κ1) is 12.1. The monoisotopic (exact) mass is 303 g/mol. The normalized spacial score (nSPS) is 19.4. The van der Waals surface area contributed by atoms with E-state index in [4.69, 9.17) is 27.9 Å². The van der Waals surface area contributed by atoms with Gasteiger partial charge in [-0.1, -0.05) is 35.0 Å². The van der Waals surface area contributed by atoms with E-state index in [2.05, 4.69) is 10.2 Å². The van der Waals surface area contributed by atoms with Gasteiger partial charge < -0.3 is 4.74 Å². The van der Waals surface area contributed by atoms with Gasteiger partial charge in [0.1, 0.15) is 5.25 Å². The zero-order valence-electron chi connectivity index (χ0n) is 8.97. The molecule has 1 saturated heterocycles. The summed E-state index contributed by atoms with van der Waals surface area (Å²) in [5.74, 6) is -0.218. The molecule has 1 atom stereocenters. The first-order valence-corrected chi connectivity index (χ1v) is 6.82. The maximum Gasteiger partial charge on any atom is 0.319 e. The lowest BCUT2D eigenvalue weighted by Crippen LogP contribution is -2.10. The Hall–Kier alpha value is -0.980. The Balaban J connectivity index is 1.99. The Kier molecular flexibility index (Phi) is 3.09. The lowest BCUT2D eigenvalue weighted by molar-refractivity contribution is -0.137. The molecule has 2 aromatic heterocycles. The van der Waals surface area contributed by atoms with Gasteiger partial charge in [-0.15, -0.1) is 10.2 Å². The third-order valence-corrected chi connectivity index (χ3v) is 4.22. The van der Waals surface area contributed by atoms with E-state index < -0.39 is 0 Å². The number of cyclic esters (lactones) is 1. The molecule has 0 radical (unpaired) electrons. The van der Waals surface area contributed by atoms with Gasteiger partial charge in [0.05, 0.1) is 16.7 Å². The summed E-state index contributed by atoms with van der Waals surface area (Å²) in [6, 6.07) is 1.60. The highest BCUT2D eigenvalue weighted by Gasteiger charge is 2.29. The quantitative estimate of drug-likeness (QED) is 0.798. The molecule has 0 amide bonds. The maximum absolute atomic E-state index is 11.4. The van der Waals surface area contributed by atoms with Crippen LogP contribution in [0.5, 0.6) is 0 Å². The molecular weight excluding hydrogens is 297 g/mol. The molecule has 18 heavy (non-hydrogen) atoms. The minimum Gasteiger partial charge on any atom is -0.465 e. The number of halogens is 2. The van der Waals surface area contributed by atoms with E-state index >= 15 is 0 Å². The van der Waals surface area contributed by atoms with Crippen LogP contribution >= 0.6 is 35.0 Å². The van der Waals surface area contributed by atoms with Gasteiger partial charge in [-0.2, -0.15) is 0 Å². The second-order valence-electron chi connectivity index (χ2n) is 3.75. The number of fused-ring (bicyclic) bond motifs is 1. The number of hydrogen-bond donors (Lipinski definition) is 0. The fourth-order valence-electron chi connectivity index (χ4n) is 1.69. The number of ether oxygens (including phenoxy) is 1. The van der Waals surface area contributed by atoms with E-state index in [0.717, 1.165) is 0 Å². The van der Waals surface area contributed by atoms with Gasteiger partial charge in [0.25, 0.3) is 0 Å². The first-order valence-electron chi connectivity index (χ1n) is 5.18. The van der Waals surface area contributed by atoms with Crippen molar-refractivity contribution in [2.45, 2.75) is 16.8 Å². The summed E-state index contributed by atoms with van der Waals surface area (Å²) >= 11 is 13.3. The first-order chi connectivity index (χ1) is 8.65. The highest BCUT2D eigenvalue weighted by atomic mass is 35.5. The molecule has 3 heterocycles. The number of thioether (sulfide) groups is 1. The van der Waals surface area contributed by atoms with E-state index in [1.165, 1.54) is 11.8 Å². The van der Waals surface area contributed by atoms with Crippen LogP contribution in [0.1, 0.15) is 6.42 Å². The van der Waals surface area contributed by atoms with Crippen molar-refractivity contribution >= 4 is 46.6 Å². The molecule has 0 aromatic carbocycles. The zero-order valence-corrected chi connectivity index (χ0v) is 11.3. The summed E-state index contributed by atoms with van der Waals surface area (Å²) < 4.78 is 6.59. The van der Waals surface area contributed by atoms with Crippen molar-refractivity contribution in [1.29, 1.82) is 0 Å². The Bertz CT molecular complexity index is 631. The van der Waals surface area contributed by atoms with Gasteiger partial charge in [0.15, 0.2) is 10.8 Å². The van der Waals surface area contributed by atoms with Crippen LogP contribution in [0, 0.1) is 0 Å². The number of nitrogens with zero attached hydrogens (tertiary/aromatic N) is 3. The zero-order chi connectivity index (χ0) is 12.7.